The predicted molar refractivity (Wildman–Crippen MR) is 50.2 cm³/mol. The topological polar surface area (TPSA) is 79.8 Å². The van der Waals surface area contributed by atoms with E-state index in [9.17, 15) is 18.9 Å². The van der Waals surface area contributed by atoms with Gasteiger partial charge in [0.1, 0.15) is 5.56 Å². The molecule has 0 saturated heterocycles. The molecule has 0 unspecified atom stereocenters. The first-order valence-corrected chi connectivity index (χ1v) is 4.33. The smallest absolute Gasteiger partial charge is 0.358 e. The van der Waals surface area contributed by atoms with Gasteiger partial charge in [0.25, 0.3) is 6.43 Å². The molecule has 0 amide bonds. The van der Waals surface area contributed by atoms with Crippen LogP contribution in [-0.4, -0.2) is 9.91 Å². The molecule has 0 aliphatic carbocycles. The number of nitro groups is 1. The molecule has 1 rings (SSSR count). The Bertz CT molecular complexity index is 473. The van der Waals surface area contributed by atoms with Crippen LogP contribution in [0.1, 0.15) is 17.6 Å². The highest BCUT2D eigenvalue weighted by Crippen LogP contribution is 2.34. The Balaban J connectivity index is 3.51. The van der Waals surface area contributed by atoms with Crippen molar-refractivity contribution >= 4 is 17.4 Å². The zero-order valence-corrected chi connectivity index (χ0v) is 8.41. The van der Waals surface area contributed by atoms with Crippen molar-refractivity contribution in [3.63, 3.8) is 0 Å². The number of alkyl halides is 2. The fourth-order valence-electron chi connectivity index (χ4n) is 1.16. The largest absolute Gasteiger partial charge is 0.372 e. The molecule has 1 heterocycles. The third-order valence-corrected chi connectivity index (χ3v) is 2.13. The summed E-state index contributed by atoms with van der Waals surface area (Å²) in [6.45, 7) is 0. The van der Waals surface area contributed by atoms with Crippen molar-refractivity contribution in [2.45, 2.75) is 12.8 Å². The van der Waals surface area contributed by atoms with Crippen LogP contribution in [0.25, 0.3) is 0 Å². The minimum Gasteiger partial charge on any atom is -0.358 e. The summed E-state index contributed by atoms with van der Waals surface area (Å²) in [6.07, 6.45) is -2.64. The number of aromatic nitrogens is 1. The van der Waals surface area contributed by atoms with Crippen molar-refractivity contribution in [1.29, 1.82) is 5.26 Å². The first-order chi connectivity index (χ1) is 7.49. The van der Waals surface area contributed by atoms with Gasteiger partial charge in [0, 0.05) is 5.56 Å². The second kappa shape index (κ2) is 4.81. The average Bonchev–Trinajstić information content (AvgIpc) is 2.20. The number of hydrogen-bond acceptors (Lipinski definition) is 4. The van der Waals surface area contributed by atoms with Crippen LogP contribution in [0.15, 0.2) is 6.20 Å². The average molecular weight is 248 g/mol. The number of nitrogens with zero attached hydrogens (tertiary/aromatic N) is 3. The number of pyridine rings is 1. The summed E-state index contributed by atoms with van der Waals surface area (Å²) in [5, 5.41) is 18.7. The molecule has 0 N–H and O–H groups in total. The molecule has 0 atom stereocenters. The Kier molecular flexibility index (Phi) is 3.68. The number of halogens is 3. The van der Waals surface area contributed by atoms with Gasteiger partial charge in [-0.15, -0.1) is 0 Å². The van der Waals surface area contributed by atoms with Crippen LogP contribution in [0.2, 0.25) is 5.02 Å². The lowest BCUT2D eigenvalue weighted by molar-refractivity contribution is -0.391. The lowest BCUT2D eigenvalue weighted by Gasteiger charge is -2.06. The van der Waals surface area contributed by atoms with Gasteiger partial charge in [0.05, 0.1) is 17.5 Å². The summed E-state index contributed by atoms with van der Waals surface area (Å²) in [6, 6.07) is 1.62. The van der Waals surface area contributed by atoms with E-state index >= 15 is 0 Å². The molecule has 8 heteroatoms. The molecule has 0 aromatic carbocycles. The molecular weight excluding hydrogens is 244 g/mol. The van der Waals surface area contributed by atoms with E-state index in [-0.39, 0.29) is 10.6 Å². The van der Waals surface area contributed by atoms with Crippen LogP contribution in [0.4, 0.5) is 14.6 Å². The highest BCUT2D eigenvalue weighted by atomic mass is 35.5. The van der Waals surface area contributed by atoms with Crippen LogP contribution >= 0.6 is 11.6 Å². The van der Waals surface area contributed by atoms with Crippen LogP contribution in [0.5, 0.6) is 0 Å². The van der Waals surface area contributed by atoms with E-state index in [0.717, 1.165) is 6.20 Å². The van der Waals surface area contributed by atoms with Crippen LogP contribution < -0.4 is 0 Å². The highest BCUT2D eigenvalue weighted by Gasteiger charge is 2.28. The molecule has 1 aromatic rings. The Morgan fingerprint density at radius 1 is 1.69 bits per heavy atom. The third kappa shape index (κ3) is 2.23. The molecular formula is C8H4ClF2N3O2. The third-order valence-electron chi connectivity index (χ3n) is 1.80. The van der Waals surface area contributed by atoms with Crippen molar-refractivity contribution in [2.24, 2.45) is 0 Å². The van der Waals surface area contributed by atoms with Gasteiger partial charge in [-0.2, -0.15) is 5.26 Å². The van der Waals surface area contributed by atoms with Crippen LogP contribution in [-0.2, 0) is 6.42 Å². The SMILES string of the molecule is N#CCc1c(Cl)cnc([N+](=O)[O-])c1C(F)F. The van der Waals surface area contributed by atoms with E-state index in [1.807, 2.05) is 0 Å². The quantitative estimate of drug-likeness (QED) is 0.607. The van der Waals surface area contributed by atoms with Gasteiger partial charge in [0.15, 0.2) is 6.20 Å². The van der Waals surface area contributed by atoms with Gasteiger partial charge < -0.3 is 10.1 Å². The van der Waals surface area contributed by atoms with E-state index in [0.29, 0.717) is 0 Å². The minimum atomic E-state index is -3.10. The molecule has 0 aliphatic heterocycles. The molecule has 0 spiro atoms. The van der Waals surface area contributed by atoms with Gasteiger partial charge in [-0.3, -0.25) is 0 Å². The van der Waals surface area contributed by atoms with Crippen molar-refractivity contribution in [3.8, 4) is 6.07 Å². The highest BCUT2D eigenvalue weighted by molar-refractivity contribution is 6.31. The molecule has 0 radical (unpaired) electrons. The maximum atomic E-state index is 12.6. The molecule has 0 fully saturated rings. The Hall–Kier alpha value is -1.81. The summed E-state index contributed by atoms with van der Waals surface area (Å²) in [4.78, 5) is 12.7. The van der Waals surface area contributed by atoms with E-state index in [2.05, 4.69) is 4.98 Å². The zero-order chi connectivity index (χ0) is 12.3. The van der Waals surface area contributed by atoms with Crippen molar-refractivity contribution in [1.82, 2.24) is 4.98 Å². The Morgan fingerprint density at radius 3 is 2.75 bits per heavy atom. The van der Waals surface area contributed by atoms with E-state index in [4.69, 9.17) is 16.9 Å². The zero-order valence-electron chi connectivity index (χ0n) is 7.65. The van der Waals surface area contributed by atoms with Gasteiger partial charge in [-0.05, 0) is 9.91 Å². The Morgan fingerprint density at radius 2 is 2.31 bits per heavy atom. The van der Waals surface area contributed by atoms with Gasteiger partial charge in [0.2, 0.25) is 0 Å². The Labute approximate surface area is 93.4 Å². The number of rotatable bonds is 3. The summed E-state index contributed by atoms with van der Waals surface area (Å²) in [5.74, 6) is -0.968. The molecule has 5 nitrogen and oxygen atoms in total. The molecule has 84 valence electrons. The fourth-order valence-corrected chi connectivity index (χ4v) is 1.38. The second-order valence-electron chi connectivity index (χ2n) is 2.71. The summed E-state index contributed by atoms with van der Waals surface area (Å²) in [5.41, 5.74) is -1.14. The van der Waals surface area contributed by atoms with E-state index in [1.165, 1.54) is 0 Å². The lowest BCUT2D eigenvalue weighted by atomic mass is 10.1. The van der Waals surface area contributed by atoms with Crippen LogP contribution in [0, 0.1) is 21.4 Å². The molecule has 16 heavy (non-hydrogen) atoms. The standard InChI is InChI=1S/C8H4ClF2N3O2/c9-5-3-13-8(14(15)16)6(7(10)11)4(5)1-2-12/h3,7H,1H2. The molecule has 0 bridgehead atoms. The van der Waals surface area contributed by atoms with Crippen molar-refractivity contribution < 1.29 is 13.7 Å². The summed E-state index contributed by atoms with van der Waals surface area (Å²) in [7, 11) is 0. The minimum absolute atomic E-state index is 0.178. The fraction of sp³-hybridized carbons (Fsp3) is 0.250. The van der Waals surface area contributed by atoms with Crippen molar-refractivity contribution in [2.75, 3.05) is 0 Å². The van der Waals surface area contributed by atoms with Gasteiger partial charge >= 0.3 is 5.82 Å². The molecule has 1 aromatic heterocycles. The van der Waals surface area contributed by atoms with Crippen molar-refractivity contribution in [3.05, 3.63) is 32.5 Å². The van der Waals surface area contributed by atoms with Crippen LogP contribution in [0.3, 0.4) is 0 Å². The molecule has 0 saturated carbocycles. The lowest BCUT2D eigenvalue weighted by Crippen LogP contribution is -2.04. The summed E-state index contributed by atoms with van der Waals surface area (Å²) >= 11 is 5.56. The maximum Gasteiger partial charge on any atom is 0.372 e. The van der Waals surface area contributed by atoms with Gasteiger partial charge in [-0.1, -0.05) is 11.6 Å². The predicted octanol–water partition coefficient (Wildman–Crippen LogP) is 2.65. The maximum absolute atomic E-state index is 12.6. The monoisotopic (exact) mass is 247 g/mol. The first-order valence-electron chi connectivity index (χ1n) is 3.95. The van der Waals surface area contributed by atoms with Gasteiger partial charge in [-0.25, -0.2) is 8.78 Å². The number of nitriles is 1. The number of hydrogen-bond donors (Lipinski definition) is 0. The molecule has 0 aliphatic rings. The second-order valence-corrected chi connectivity index (χ2v) is 3.12. The summed E-state index contributed by atoms with van der Waals surface area (Å²) < 4.78 is 25.3. The first kappa shape index (κ1) is 12.3. The normalized spacial score (nSPS) is 10.2. The van der Waals surface area contributed by atoms with E-state index in [1.54, 1.807) is 6.07 Å². The van der Waals surface area contributed by atoms with E-state index < -0.39 is 29.2 Å².